The first-order valence-corrected chi connectivity index (χ1v) is 14.1. The lowest BCUT2D eigenvalue weighted by Gasteiger charge is -2.43. The van der Waals surface area contributed by atoms with E-state index in [4.69, 9.17) is 28.4 Å². The van der Waals surface area contributed by atoms with Gasteiger partial charge in [0, 0.05) is 44.6 Å². The molecule has 1 saturated carbocycles. The summed E-state index contributed by atoms with van der Waals surface area (Å²) in [5, 5.41) is 23.8. The van der Waals surface area contributed by atoms with Crippen molar-refractivity contribution in [2.75, 3.05) is 13.2 Å². The minimum absolute atomic E-state index is 0.00105. The second kappa shape index (κ2) is 14.3. The molecule has 0 aromatic heterocycles. The second-order valence-electron chi connectivity index (χ2n) is 12.1. The Kier molecular flexibility index (Phi) is 11.9. The highest BCUT2D eigenvalue weighted by molar-refractivity contribution is 5.80. The van der Waals surface area contributed by atoms with Crippen LogP contribution in [-0.2, 0) is 52.4 Å². The topological polar surface area (TPSA) is 181 Å². The molecule has 2 rings (SSSR count). The Morgan fingerprint density at radius 2 is 1.50 bits per heavy atom. The molecule has 1 heterocycles. The van der Waals surface area contributed by atoms with E-state index in [0.29, 0.717) is 0 Å². The van der Waals surface area contributed by atoms with Gasteiger partial charge in [0.05, 0.1) is 6.26 Å². The van der Waals surface area contributed by atoms with Crippen molar-refractivity contribution in [2.45, 2.75) is 104 Å². The molecule has 0 saturated heterocycles. The van der Waals surface area contributed by atoms with Gasteiger partial charge in [-0.2, -0.15) is 0 Å². The minimum Gasteiger partial charge on any atom is -0.463 e. The van der Waals surface area contributed by atoms with Crippen LogP contribution in [0.5, 0.6) is 0 Å². The fourth-order valence-electron chi connectivity index (χ4n) is 5.04. The van der Waals surface area contributed by atoms with Crippen LogP contribution in [0.1, 0.15) is 74.7 Å². The van der Waals surface area contributed by atoms with Crippen LogP contribution >= 0.6 is 0 Å². The van der Waals surface area contributed by atoms with Gasteiger partial charge in [-0.15, -0.1) is 0 Å². The van der Waals surface area contributed by atoms with Crippen molar-refractivity contribution in [3.63, 3.8) is 0 Å². The fourth-order valence-corrected chi connectivity index (χ4v) is 5.04. The van der Waals surface area contributed by atoms with E-state index in [1.165, 1.54) is 0 Å². The Labute approximate surface area is 245 Å². The normalized spacial score (nSPS) is 27.5. The fraction of sp³-hybridized carbons (Fsp3) is 0.759. The van der Waals surface area contributed by atoms with E-state index >= 15 is 0 Å². The Morgan fingerprint density at radius 1 is 0.905 bits per heavy atom. The molecule has 0 aromatic carbocycles. The summed E-state index contributed by atoms with van der Waals surface area (Å²) in [5.74, 6) is -5.72. The van der Waals surface area contributed by atoms with Crippen LogP contribution in [0.15, 0.2) is 11.8 Å². The lowest BCUT2D eigenvalue weighted by atomic mass is 9.77. The summed E-state index contributed by atoms with van der Waals surface area (Å²) in [6.07, 6.45) is -3.52. The van der Waals surface area contributed by atoms with Crippen molar-refractivity contribution < 1.29 is 62.6 Å². The molecule has 42 heavy (non-hydrogen) atoms. The number of fused-ring (bicyclic) bond motifs is 1. The third-order valence-corrected chi connectivity index (χ3v) is 6.96. The van der Waals surface area contributed by atoms with E-state index in [0.717, 1.165) is 20.1 Å². The molecule has 2 aliphatic rings. The van der Waals surface area contributed by atoms with Gasteiger partial charge < -0.3 is 38.6 Å². The number of ether oxygens (including phenoxy) is 6. The Morgan fingerprint density at radius 3 is 2.02 bits per heavy atom. The molecule has 6 atom stereocenters. The maximum absolute atomic E-state index is 13.0. The molecule has 0 aromatic rings. The highest BCUT2D eigenvalue weighted by atomic mass is 16.7. The third-order valence-electron chi connectivity index (χ3n) is 6.96. The molecule has 0 amide bonds. The lowest BCUT2D eigenvalue weighted by molar-refractivity contribution is -0.241. The predicted octanol–water partition coefficient (Wildman–Crippen LogP) is 1.95. The summed E-state index contributed by atoms with van der Waals surface area (Å²) in [7, 11) is 0. The number of carbonyl (C=O) groups excluding carboxylic acids is 5. The van der Waals surface area contributed by atoms with Gasteiger partial charge in [0.25, 0.3) is 6.29 Å². The van der Waals surface area contributed by atoms with Crippen LogP contribution in [0, 0.1) is 23.7 Å². The van der Waals surface area contributed by atoms with Crippen molar-refractivity contribution in [3.05, 3.63) is 11.8 Å². The zero-order chi connectivity index (χ0) is 32.0. The highest BCUT2D eigenvalue weighted by Crippen LogP contribution is 2.53. The molecule has 1 aliphatic heterocycles. The first-order valence-electron chi connectivity index (χ1n) is 14.1. The van der Waals surface area contributed by atoms with E-state index in [-0.39, 0.29) is 30.3 Å². The SMILES string of the molecule is CC(=O)OC[C@@]1(O)[C@@H](OC(C)=O)C[C@]2(O)C(COC(=O)[C@@H](OC(=O)CC(C)C)C(C)C)=CO[C@@H](OC(=O)CC(C)C)[C@H]12. The molecule has 0 bridgehead atoms. The van der Waals surface area contributed by atoms with Crippen LogP contribution in [0.3, 0.4) is 0 Å². The number of aliphatic hydroxyl groups is 2. The molecular weight excluding hydrogens is 556 g/mol. The Hall–Kier alpha value is -3.19. The van der Waals surface area contributed by atoms with Gasteiger partial charge >= 0.3 is 29.8 Å². The molecule has 0 radical (unpaired) electrons. The maximum Gasteiger partial charge on any atom is 0.348 e. The van der Waals surface area contributed by atoms with Crippen LogP contribution in [0.25, 0.3) is 0 Å². The molecule has 0 spiro atoms. The number of esters is 5. The largest absolute Gasteiger partial charge is 0.463 e. The first kappa shape index (κ1) is 35.0. The van der Waals surface area contributed by atoms with Gasteiger partial charge in [0.1, 0.15) is 36.4 Å². The number of hydrogen-bond acceptors (Lipinski definition) is 13. The maximum atomic E-state index is 13.0. The molecule has 1 aliphatic carbocycles. The van der Waals surface area contributed by atoms with Gasteiger partial charge in [-0.05, 0) is 11.8 Å². The molecular formula is C29H44O13. The summed E-state index contributed by atoms with van der Waals surface area (Å²) in [6.45, 7) is 11.5. The van der Waals surface area contributed by atoms with E-state index in [2.05, 4.69) is 0 Å². The van der Waals surface area contributed by atoms with E-state index in [9.17, 15) is 34.2 Å². The average molecular weight is 601 g/mol. The van der Waals surface area contributed by atoms with Crippen LogP contribution in [-0.4, -0.2) is 83.0 Å². The van der Waals surface area contributed by atoms with Gasteiger partial charge in [-0.1, -0.05) is 41.5 Å². The monoisotopic (exact) mass is 600 g/mol. The zero-order valence-corrected chi connectivity index (χ0v) is 25.5. The summed E-state index contributed by atoms with van der Waals surface area (Å²) < 4.78 is 32.3. The third kappa shape index (κ3) is 8.66. The Balaban J connectivity index is 2.42. The molecule has 2 N–H and O–H groups in total. The minimum atomic E-state index is -2.27. The van der Waals surface area contributed by atoms with E-state index < -0.39 is 91.0 Å². The zero-order valence-electron chi connectivity index (χ0n) is 25.5. The molecule has 13 heteroatoms. The quantitative estimate of drug-likeness (QED) is 0.231. The average Bonchev–Trinajstić information content (AvgIpc) is 3.06. The molecule has 0 unspecified atom stereocenters. The van der Waals surface area contributed by atoms with Crippen molar-refractivity contribution in [3.8, 4) is 0 Å². The summed E-state index contributed by atoms with van der Waals surface area (Å²) >= 11 is 0. The summed E-state index contributed by atoms with van der Waals surface area (Å²) in [5.41, 5.74) is -4.44. The summed E-state index contributed by atoms with van der Waals surface area (Å²) in [6, 6.07) is 0. The van der Waals surface area contributed by atoms with Crippen molar-refractivity contribution in [2.24, 2.45) is 23.7 Å². The van der Waals surface area contributed by atoms with Crippen LogP contribution in [0.4, 0.5) is 0 Å². The van der Waals surface area contributed by atoms with Crippen molar-refractivity contribution in [1.82, 2.24) is 0 Å². The van der Waals surface area contributed by atoms with E-state index in [1.807, 2.05) is 13.8 Å². The number of rotatable bonds is 13. The van der Waals surface area contributed by atoms with Crippen molar-refractivity contribution in [1.29, 1.82) is 0 Å². The van der Waals surface area contributed by atoms with E-state index in [1.54, 1.807) is 27.7 Å². The molecule has 1 fully saturated rings. The lowest BCUT2D eigenvalue weighted by Crippen LogP contribution is -2.59. The van der Waals surface area contributed by atoms with Gasteiger partial charge in [0.2, 0.25) is 6.10 Å². The second-order valence-corrected chi connectivity index (χ2v) is 12.1. The number of hydrogen-bond donors (Lipinski definition) is 2. The Bertz CT molecular complexity index is 1050. The van der Waals surface area contributed by atoms with Crippen molar-refractivity contribution >= 4 is 29.8 Å². The predicted molar refractivity (Wildman–Crippen MR) is 144 cm³/mol. The van der Waals surface area contributed by atoms with Gasteiger partial charge in [-0.3, -0.25) is 19.2 Å². The molecule has 13 nitrogen and oxygen atoms in total. The summed E-state index contributed by atoms with van der Waals surface area (Å²) in [4.78, 5) is 61.4. The first-order chi connectivity index (χ1) is 19.4. The molecule has 238 valence electrons. The smallest absolute Gasteiger partial charge is 0.348 e. The highest BCUT2D eigenvalue weighted by Gasteiger charge is 2.70. The van der Waals surface area contributed by atoms with Gasteiger partial charge in [0.15, 0.2) is 0 Å². The number of carbonyl (C=O) groups is 5. The standard InChI is InChI=1S/C29H44O13/c1-15(2)9-22(32)41-24(17(5)6)26(34)37-12-20-13-38-27(42-23(33)10-16(3)4)25-28(20,35)11-21(40-19(8)31)29(25,36)14-39-18(7)30/h13,15-17,21,24-25,27,35-36H,9-12,14H2,1-8H3/t21-,24-,25-,27-,28-,29+/m0/s1. The van der Waals surface area contributed by atoms with Gasteiger partial charge in [-0.25, -0.2) is 4.79 Å². The van der Waals surface area contributed by atoms with Crippen LogP contribution in [0.2, 0.25) is 0 Å². The van der Waals surface area contributed by atoms with Crippen LogP contribution < -0.4 is 0 Å².